The Morgan fingerprint density at radius 3 is 2.94 bits per heavy atom. The first-order valence-electron chi connectivity index (χ1n) is 5.44. The zero-order valence-corrected chi connectivity index (χ0v) is 11.2. The summed E-state index contributed by atoms with van der Waals surface area (Å²) in [5.74, 6) is 1.49. The lowest BCUT2D eigenvalue weighted by Gasteiger charge is -2.03. The van der Waals surface area contributed by atoms with Gasteiger partial charge in [-0.25, -0.2) is 4.98 Å². The topological polar surface area (TPSA) is 39.2 Å². The largest absolute Gasteiger partial charge is 0.481 e. The van der Waals surface area contributed by atoms with E-state index in [2.05, 4.69) is 11.1 Å². The maximum Gasteiger partial charge on any atom is 0.215 e. The van der Waals surface area contributed by atoms with Gasteiger partial charge in [0, 0.05) is 24.4 Å². The first-order valence-corrected chi connectivity index (χ1v) is 6.42. The highest BCUT2D eigenvalue weighted by molar-refractivity contribution is 8.13. The Bertz CT molecular complexity index is 416. The van der Waals surface area contributed by atoms with E-state index >= 15 is 0 Å². The molecule has 0 N–H and O–H groups in total. The number of aromatic nitrogens is 1. The Labute approximate surface area is 106 Å². The predicted molar refractivity (Wildman–Crippen MR) is 72.3 cm³/mol. The number of hydrogen-bond donors (Lipinski definition) is 0. The van der Waals surface area contributed by atoms with E-state index < -0.39 is 0 Å². The van der Waals surface area contributed by atoms with Crippen molar-refractivity contribution in [2.75, 3.05) is 12.9 Å². The zero-order chi connectivity index (χ0) is 12.7. The number of rotatable bonds is 5. The van der Waals surface area contributed by atoms with E-state index in [0.717, 1.165) is 23.3 Å². The average Bonchev–Trinajstić information content (AvgIpc) is 2.28. The molecule has 4 heteroatoms. The standard InChI is InChI=1S/C13H17NO2S/c1-10-8-12(9-14-13(10)16-3)6-4-5-7-17-11(2)15/h4,6,8-9H,5,7H2,1-3H3. The lowest BCUT2D eigenvalue weighted by molar-refractivity contribution is -0.109. The molecule has 1 heterocycles. The highest BCUT2D eigenvalue weighted by atomic mass is 32.2. The summed E-state index contributed by atoms with van der Waals surface area (Å²) >= 11 is 1.35. The van der Waals surface area contributed by atoms with Gasteiger partial charge in [-0.1, -0.05) is 23.9 Å². The van der Waals surface area contributed by atoms with Gasteiger partial charge in [0.05, 0.1) is 7.11 Å². The maximum absolute atomic E-state index is 10.7. The van der Waals surface area contributed by atoms with Crippen LogP contribution in [0.25, 0.3) is 6.08 Å². The quantitative estimate of drug-likeness (QED) is 0.754. The number of aryl methyl sites for hydroxylation is 1. The van der Waals surface area contributed by atoms with E-state index in [1.165, 1.54) is 11.8 Å². The van der Waals surface area contributed by atoms with Gasteiger partial charge >= 0.3 is 0 Å². The van der Waals surface area contributed by atoms with Crippen LogP contribution in [0.15, 0.2) is 18.3 Å². The molecule has 0 unspecified atom stereocenters. The van der Waals surface area contributed by atoms with Gasteiger partial charge in [0.15, 0.2) is 5.12 Å². The number of ether oxygens (including phenoxy) is 1. The molecule has 0 aromatic carbocycles. The fraction of sp³-hybridized carbons (Fsp3) is 0.385. The van der Waals surface area contributed by atoms with Crippen molar-refractivity contribution in [1.82, 2.24) is 4.98 Å². The minimum atomic E-state index is 0.167. The van der Waals surface area contributed by atoms with Gasteiger partial charge < -0.3 is 4.74 Å². The number of thioether (sulfide) groups is 1. The van der Waals surface area contributed by atoms with Crippen LogP contribution < -0.4 is 4.74 Å². The number of carbonyl (C=O) groups is 1. The number of pyridine rings is 1. The van der Waals surface area contributed by atoms with Crippen LogP contribution in [0.5, 0.6) is 5.88 Å². The highest BCUT2D eigenvalue weighted by Gasteiger charge is 1.98. The molecule has 0 amide bonds. The van der Waals surface area contributed by atoms with Crippen molar-refractivity contribution in [3.8, 4) is 5.88 Å². The smallest absolute Gasteiger partial charge is 0.215 e. The maximum atomic E-state index is 10.7. The molecular formula is C13H17NO2S. The summed E-state index contributed by atoms with van der Waals surface area (Å²) in [5, 5.41) is 0.167. The first-order chi connectivity index (χ1) is 8.13. The Morgan fingerprint density at radius 2 is 2.35 bits per heavy atom. The second-order valence-electron chi connectivity index (χ2n) is 3.63. The summed E-state index contributed by atoms with van der Waals surface area (Å²) in [5.41, 5.74) is 2.07. The summed E-state index contributed by atoms with van der Waals surface area (Å²) in [6.45, 7) is 3.56. The van der Waals surface area contributed by atoms with Crippen molar-refractivity contribution < 1.29 is 9.53 Å². The van der Waals surface area contributed by atoms with Crippen molar-refractivity contribution in [3.05, 3.63) is 29.5 Å². The molecule has 0 aliphatic rings. The Kier molecular flexibility index (Phi) is 5.77. The molecule has 0 saturated heterocycles. The van der Waals surface area contributed by atoms with Crippen LogP contribution in [0, 0.1) is 6.92 Å². The second-order valence-corrected chi connectivity index (χ2v) is 4.90. The van der Waals surface area contributed by atoms with Gasteiger partial charge in [0.25, 0.3) is 0 Å². The summed E-state index contributed by atoms with van der Waals surface area (Å²) in [6.07, 6.45) is 6.73. The molecule has 0 aliphatic heterocycles. The lowest BCUT2D eigenvalue weighted by atomic mass is 10.2. The van der Waals surface area contributed by atoms with E-state index in [4.69, 9.17) is 4.74 Å². The van der Waals surface area contributed by atoms with Crippen LogP contribution in [-0.4, -0.2) is 23.0 Å². The van der Waals surface area contributed by atoms with E-state index in [1.54, 1.807) is 20.2 Å². The van der Waals surface area contributed by atoms with Crippen LogP contribution in [0.1, 0.15) is 24.5 Å². The van der Waals surface area contributed by atoms with Gasteiger partial charge in [0.2, 0.25) is 5.88 Å². The zero-order valence-electron chi connectivity index (χ0n) is 10.4. The molecule has 0 aliphatic carbocycles. The molecule has 1 rings (SSSR count). The van der Waals surface area contributed by atoms with Gasteiger partial charge in [0.1, 0.15) is 0 Å². The molecule has 0 bridgehead atoms. The van der Waals surface area contributed by atoms with E-state index in [1.807, 2.05) is 19.1 Å². The number of carbonyl (C=O) groups excluding carboxylic acids is 1. The average molecular weight is 251 g/mol. The van der Waals surface area contributed by atoms with E-state index in [0.29, 0.717) is 5.88 Å². The van der Waals surface area contributed by atoms with Crippen LogP contribution in [0.2, 0.25) is 0 Å². The molecule has 1 aromatic heterocycles. The van der Waals surface area contributed by atoms with Crippen LogP contribution in [-0.2, 0) is 4.79 Å². The molecule has 3 nitrogen and oxygen atoms in total. The molecule has 0 fully saturated rings. The van der Waals surface area contributed by atoms with E-state index in [9.17, 15) is 4.79 Å². The van der Waals surface area contributed by atoms with Crippen molar-refractivity contribution in [2.24, 2.45) is 0 Å². The Hall–Kier alpha value is -1.29. The molecule has 0 spiro atoms. The van der Waals surface area contributed by atoms with Gasteiger partial charge in [-0.05, 0) is 25.0 Å². The minimum absolute atomic E-state index is 0.167. The SMILES string of the molecule is COc1ncc(C=CCCSC(C)=O)cc1C. The van der Waals surface area contributed by atoms with Gasteiger partial charge in [-0.15, -0.1) is 0 Å². The van der Waals surface area contributed by atoms with Gasteiger partial charge in [-0.2, -0.15) is 0 Å². The minimum Gasteiger partial charge on any atom is -0.481 e. The number of methoxy groups -OCH3 is 1. The van der Waals surface area contributed by atoms with Crippen molar-refractivity contribution in [2.45, 2.75) is 20.3 Å². The molecule has 0 atom stereocenters. The molecule has 17 heavy (non-hydrogen) atoms. The summed E-state index contributed by atoms with van der Waals surface area (Å²) in [7, 11) is 1.61. The van der Waals surface area contributed by atoms with Crippen molar-refractivity contribution in [3.63, 3.8) is 0 Å². The van der Waals surface area contributed by atoms with Crippen LogP contribution in [0.4, 0.5) is 0 Å². The monoisotopic (exact) mass is 251 g/mol. The molecule has 0 saturated carbocycles. The normalized spacial score (nSPS) is 10.8. The lowest BCUT2D eigenvalue weighted by Crippen LogP contribution is -1.91. The molecule has 0 radical (unpaired) electrons. The van der Waals surface area contributed by atoms with Gasteiger partial charge in [-0.3, -0.25) is 4.79 Å². The number of nitrogens with zero attached hydrogens (tertiary/aromatic N) is 1. The van der Waals surface area contributed by atoms with Crippen molar-refractivity contribution >= 4 is 23.0 Å². The summed E-state index contributed by atoms with van der Waals surface area (Å²) in [4.78, 5) is 14.9. The van der Waals surface area contributed by atoms with Crippen molar-refractivity contribution in [1.29, 1.82) is 0 Å². The third-order valence-electron chi connectivity index (χ3n) is 2.14. The second kappa shape index (κ2) is 7.12. The number of allylic oxidation sites excluding steroid dienone is 1. The molecule has 1 aromatic rings. The predicted octanol–water partition coefficient (Wildman–Crippen LogP) is 3.08. The third-order valence-corrected chi connectivity index (χ3v) is 2.99. The fourth-order valence-electron chi connectivity index (χ4n) is 1.38. The first kappa shape index (κ1) is 13.8. The summed E-state index contributed by atoms with van der Waals surface area (Å²) in [6, 6.07) is 2.03. The van der Waals surface area contributed by atoms with Crippen LogP contribution >= 0.6 is 11.8 Å². The summed E-state index contributed by atoms with van der Waals surface area (Å²) < 4.78 is 5.09. The Balaban J connectivity index is 2.48. The molecule has 92 valence electrons. The third kappa shape index (κ3) is 5.04. The molecular weight excluding hydrogens is 234 g/mol. The van der Waals surface area contributed by atoms with Crippen LogP contribution in [0.3, 0.4) is 0 Å². The highest BCUT2D eigenvalue weighted by Crippen LogP contribution is 2.15. The fourth-order valence-corrected chi connectivity index (χ4v) is 1.92. The van der Waals surface area contributed by atoms with E-state index in [-0.39, 0.29) is 5.12 Å². The number of hydrogen-bond acceptors (Lipinski definition) is 4. The Morgan fingerprint density at radius 1 is 1.59 bits per heavy atom.